The number of carbonyl (C=O) groups is 3. The lowest BCUT2D eigenvalue weighted by molar-refractivity contribution is -0.123. The third kappa shape index (κ3) is 4.93. The highest BCUT2D eigenvalue weighted by Crippen LogP contribution is 2.31. The lowest BCUT2D eigenvalue weighted by atomic mass is 10.0. The van der Waals surface area contributed by atoms with Crippen LogP contribution in [-0.4, -0.2) is 17.7 Å². The van der Waals surface area contributed by atoms with Crippen LogP contribution in [0.15, 0.2) is 82.2 Å². The first-order valence-corrected chi connectivity index (χ1v) is 10.6. The van der Waals surface area contributed by atoms with Crippen LogP contribution in [0.4, 0.5) is 14.5 Å². The Balaban J connectivity index is 1.56. The Morgan fingerprint density at radius 2 is 1.67 bits per heavy atom. The maximum Gasteiger partial charge on any atom is 0.275 e. The molecule has 0 spiro atoms. The number of primary amides is 1. The van der Waals surface area contributed by atoms with Crippen molar-refractivity contribution in [3.63, 3.8) is 0 Å². The third-order valence-electron chi connectivity index (χ3n) is 4.79. The van der Waals surface area contributed by atoms with E-state index >= 15 is 0 Å². The molecule has 33 heavy (non-hydrogen) atoms. The minimum absolute atomic E-state index is 0.154. The Hall–Kier alpha value is -3.98. The van der Waals surface area contributed by atoms with E-state index in [1.54, 1.807) is 24.3 Å². The van der Waals surface area contributed by atoms with Gasteiger partial charge in [0.25, 0.3) is 11.8 Å². The standard InChI is InChI=1S/C24H17F2N3O3S/c25-18-6-2-5-17(21(18)26)20-22(24(32)29-23(20)31)28-14-7-9-15(10-8-14)33-16-4-1-3-13(11-16)12-19(27)30/h1-11H,12H2,(H2,27,30)(H2,28,29,31,32). The van der Waals surface area contributed by atoms with Crippen molar-refractivity contribution >= 4 is 40.7 Å². The summed E-state index contributed by atoms with van der Waals surface area (Å²) < 4.78 is 27.9. The Bertz CT molecular complexity index is 1310. The second-order valence-electron chi connectivity index (χ2n) is 7.18. The van der Waals surface area contributed by atoms with Gasteiger partial charge in [0.2, 0.25) is 5.91 Å². The van der Waals surface area contributed by atoms with Gasteiger partial charge in [-0.15, -0.1) is 0 Å². The smallest absolute Gasteiger partial charge is 0.275 e. The van der Waals surface area contributed by atoms with Gasteiger partial charge in [0.1, 0.15) is 5.70 Å². The highest BCUT2D eigenvalue weighted by atomic mass is 32.2. The number of nitrogens with two attached hydrogens (primary N) is 1. The van der Waals surface area contributed by atoms with Crippen LogP contribution in [0.5, 0.6) is 0 Å². The van der Waals surface area contributed by atoms with Crippen molar-refractivity contribution in [1.82, 2.24) is 5.32 Å². The first-order valence-electron chi connectivity index (χ1n) is 9.78. The number of hydrogen-bond donors (Lipinski definition) is 3. The number of anilines is 1. The highest BCUT2D eigenvalue weighted by molar-refractivity contribution is 7.99. The minimum Gasteiger partial charge on any atom is -0.369 e. The van der Waals surface area contributed by atoms with Gasteiger partial charge in [-0.1, -0.05) is 36.0 Å². The zero-order chi connectivity index (χ0) is 23.5. The fourth-order valence-electron chi connectivity index (χ4n) is 3.34. The molecule has 0 fully saturated rings. The van der Waals surface area contributed by atoms with Gasteiger partial charge in [0.05, 0.1) is 12.0 Å². The molecule has 166 valence electrons. The first-order chi connectivity index (χ1) is 15.8. The first kappa shape index (κ1) is 22.2. The predicted molar refractivity (Wildman–Crippen MR) is 120 cm³/mol. The van der Waals surface area contributed by atoms with Crippen LogP contribution in [0.25, 0.3) is 5.57 Å². The molecule has 4 rings (SSSR count). The molecule has 3 aromatic carbocycles. The molecule has 0 unspecified atom stereocenters. The summed E-state index contributed by atoms with van der Waals surface area (Å²) in [4.78, 5) is 37.5. The van der Waals surface area contributed by atoms with E-state index in [2.05, 4.69) is 10.6 Å². The van der Waals surface area contributed by atoms with Gasteiger partial charge in [0, 0.05) is 21.0 Å². The van der Waals surface area contributed by atoms with E-state index in [9.17, 15) is 23.2 Å². The zero-order valence-corrected chi connectivity index (χ0v) is 17.8. The quantitative estimate of drug-likeness (QED) is 0.463. The molecule has 1 aliphatic heterocycles. The molecule has 0 saturated carbocycles. The molecule has 1 aliphatic rings. The largest absolute Gasteiger partial charge is 0.369 e. The molecule has 6 nitrogen and oxygen atoms in total. The van der Waals surface area contributed by atoms with Crippen molar-refractivity contribution in [1.29, 1.82) is 0 Å². The highest BCUT2D eigenvalue weighted by Gasteiger charge is 2.33. The average Bonchev–Trinajstić information content (AvgIpc) is 3.04. The van der Waals surface area contributed by atoms with Crippen LogP contribution in [-0.2, 0) is 20.8 Å². The topological polar surface area (TPSA) is 101 Å². The van der Waals surface area contributed by atoms with Crippen molar-refractivity contribution < 1.29 is 23.2 Å². The molecule has 0 aliphatic carbocycles. The SMILES string of the molecule is NC(=O)Cc1cccc(Sc2ccc(NC3=C(c4cccc(F)c4F)C(=O)NC3=O)cc2)c1. The molecule has 4 N–H and O–H groups in total. The van der Waals surface area contributed by atoms with Gasteiger partial charge in [-0.3, -0.25) is 19.7 Å². The van der Waals surface area contributed by atoms with E-state index in [1.165, 1.54) is 23.9 Å². The van der Waals surface area contributed by atoms with Crippen LogP contribution in [0.1, 0.15) is 11.1 Å². The van der Waals surface area contributed by atoms with E-state index in [4.69, 9.17) is 5.73 Å². The second-order valence-corrected chi connectivity index (χ2v) is 8.32. The van der Waals surface area contributed by atoms with Crippen LogP contribution in [0, 0.1) is 11.6 Å². The second kappa shape index (κ2) is 9.25. The molecule has 0 bridgehead atoms. The number of imide groups is 1. The summed E-state index contributed by atoms with van der Waals surface area (Å²) in [5.41, 5.74) is 5.81. The Morgan fingerprint density at radius 3 is 2.39 bits per heavy atom. The summed E-state index contributed by atoms with van der Waals surface area (Å²) in [5.74, 6) is -4.28. The van der Waals surface area contributed by atoms with E-state index in [-0.39, 0.29) is 23.3 Å². The van der Waals surface area contributed by atoms with E-state index in [0.717, 1.165) is 21.4 Å². The minimum atomic E-state index is -1.21. The molecule has 0 saturated heterocycles. The van der Waals surface area contributed by atoms with E-state index in [0.29, 0.717) is 5.69 Å². The van der Waals surface area contributed by atoms with E-state index in [1.807, 2.05) is 24.3 Å². The van der Waals surface area contributed by atoms with Gasteiger partial charge in [-0.05, 0) is 48.0 Å². The average molecular weight is 465 g/mol. The van der Waals surface area contributed by atoms with Crippen molar-refractivity contribution in [2.75, 3.05) is 5.32 Å². The molecule has 0 aromatic heterocycles. The number of amides is 3. The lowest BCUT2D eigenvalue weighted by Gasteiger charge is -2.10. The van der Waals surface area contributed by atoms with Crippen molar-refractivity contribution in [3.05, 3.63) is 95.2 Å². The monoisotopic (exact) mass is 465 g/mol. The number of nitrogens with one attached hydrogen (secondary N) is 2. The number of hydrogen-bond acceptors (Lipinski definition) is 5. The summed E-state index contributed by atoms with van der Waals surface area (Å²) >= 11 is 1.47. The zero-order valence-electron chi connectivity index (χ0n) is 17.0. The maximum atomic E-state index is 14.3. The molecule has 3 amide bonds. The predicted octanol–water partition coefficient (Wildman–Crippen LogP) is 3.62. The molecular formula is C24H17F2N3O3S. The fraction of sp³-hybridized carbons (Fsp3) is 0.0417. The lowest BCUT2D eigenvalue weighted by Crippen LogP contribution is -2.24. The number of halogens is 2. The molecule has 0 radical (unpaired) electrons. The van der Waals surface area contributed by atoms with Crippen LogP contribution in [0.2, 0.25) is 0 Å². The summed E-state index contributed by atoms with van der Waals surface area (Å²) in [6, 6.07) is 17.8. The van der Waals surface area contributed by atoms with Gasteiger partial charge in [0.15, 0.2) is 11.6 Å². The van der Waals surface area contributed by atoms with Gasteiger partial charge in [-0.25, -0.2) is 8.78 Å². The van der Waals surface area contributed by atoms with Crippen LogP contribution in [0.3, 0.4) is 0 Å². The summed E-state index contributed by atoms with van der Waals surface area (Å²) in [7, 11) is 0. The Morgan fingerprint density at radius 1 is 0.939 bits per heavy atom. The summed E-state index contributed by atoms with van der Waals surface area (Å²) in [5, 5.41) is 4.94. The number of benzene rings is 3. The van der Waals surface area contributed by atoms with E-state index < -0.39 is 29.4 Å². The van der Waals surface area contributed by atoms with Gasteiger partial charge in [-0.2, -0.15) is 0 Å². The molecule has 0 atom stereocenters. The Labute approximate surface area is 191 Å². The molecular weight excluding hydrogens is 448 g/mol. The fourth-order valence-corrected chi connectivity index (χ4v) is 4.24. The van der Waals surface area contributed by atoms with Crippen molar-refractivity contribution in [2.45, 2.75) is 16.2 Å². The van der Waals surface area contributed by atoms with Crippen LogP contribution >= 0.6 is 11.8 Å². The summed E-state index contributed by atoms with van der Waals surface area (Å²) in [6.07, 6.45) is 0.154. The number of carbonyl (C=O) groups excluding carboxylic acids is 3. The Kier molecular flexibility index (Phi) is 6.23. The van der Waals surface area contributed by atoms with Gasteiger partial charge >= 0.3 is 0 Å². The van der Waals surface area contributed by atoms with Crippen LogP contribution < -0.4 is 16.4 Å². The third-order valence-corrected chi connectivity index (χ3v) is 5.79. The van der Waals surface area contributed by atoms with Crippen molar-refractivity contribution in [2.24, 2.45) is 5.73 Å². The summed E-state index contributed by atoms with van der Waals surface area (Å²) in [6.45, 7) is 0. The number of rotatable bonds is 7. The molecule has 1 heterocycles. The van der Waals surface area contributed by atoms with Gasteiger partial charge < -0.3 is 11.1 Å². The van der Waals surface area contributed by atoms with Crippen molar-refractivity contribution in [3.8, 4) is 0 Å². The maximum absolute atomic E-state index is 14.3. The normalized spacial score (nSPS) is 13.3. The molecule has 3 aromatic rings. The molecule has 9 heteroatoms.